The van der Waals surface area contributed by atoms with E-state index in [4.69, 9.17) is 0 Å². The SMILES string of the molecule is Cc1cccc(CCC(=O)Nc2ccc(S(=O)(=O)/N=C3\CCCN3C)cc2)c1. The van der Waals surface area contributed by atoms with Crippen LogP contribution in [-0.4, -0.2) is 38.7 Å². The lowest BCUT2D eigenvalue weighted by Crippen LogP contribution is -2.20. The van der Waals surface area contributed by atoms with Crippen LogP contribution in [0.25, 0.3) is 0 Å². The van der Waals surface area contributed by atoms with Crippen LogP contribution in [0, 0.1) is 6.92 Å². The molecule has 0 unspecified atom stereocenters. The smallest absolute Gasteiger partial charge is 0.283 e. The average molecular weight is 400 g/mol. The first kappa shape index (κ1) is 20.1. The molecule has 1 fully saturated rings. The normalized spacial score (nSPS) is 15.8. The highest BCUT2D eigenvalue weighted by molar-refractivity contribution is 7.90. The van der Waals surface area contributed by atoms with Crippen LogP contribution in [0.5, 0.6) is 0 Å². The second-order valence-electron chi connectivity index (χ2n) is 7.07. The van der Waals surface area contributed by atoms with Crippen LogP contribution in [0.2, 0.25) is 0 Å². The van der Waals surface area contributed by atoms with E-state index < -0.39 is 10.0 Å². The van der Waals surface area contributed by atoms with Crippen molar-refractivity contribution in [3.05, 3.63) is 59.7 Å². The van der Waals surface area contributed by atoms with Crippen molar-refractivity contribution in [2.24, 2.45) is 4.40 Å². The Balaban J connectivity index is 1.60. The molecule has 0 atom stereocenters. The van der Waals surface area contributed by atoms with Gasteiger partial charge < -0.3 is 10.2 Å². The zero-order chi connectivity index (χ0) is 20.1. The molecule has 2 aromatic carbocycles. The van der Waals surface area contributed by atoms with Gasteiger partial charge in [-0.25, -0.2) is 0 Å². The minimum atomic E-state index is -3.74. The zero-order valence-corrected chi connectivity index (χ0v) is 17.0. The van der Waals surface area contributed by atoms with E-state index in [1.165, 1.54) is 17.7 Å². The number of benzene rings is 2. The van der Waals surface area contributed by atoms with Crippen molar-refractivity contribution < 1.29 is 13.2 Å². The van der Waals surface area contributed by atoms with Gasteiger partial charge in [-0.05, 0) is 49.6 Å². The predicted molar refractivity (Wildman–Crippen MR) is 111 cm³/mol. The van der Waals surface area contributed by atoms with Crippen LogP contribution < -0.4 is 5.32 Å². The fourth-order valence-corrected chi connectivity index (χ4v) is 4.25. The largest absolute Gasteiger partial charge is 0.362 e. The molecular formula is C21H25N3O3S. The number of likely N-dealkylation sites (tertiary alicyclic amines) is 1. The predicted octanol–water partition coefficient (Wildman–Crippen LogP) is 3.38. The lowest BCUT2D eigenvalue weighted by molar-refractivity contribution is -0.116. The second kappa shape index (κ2) is 8.56. The summed E-state index contributed by atoms with van der Waals surface area (Å²) in [5.41, 5.74) is 2.86. The summed E-state index contributed by atoms with van der Waals surface area (Å²) in [4.78, 5) is 14.1. The monoisotopic (exact) mass is 399 g/mol. The van der Waals surface area contributed by atoms with Gasteiger partial charge in [-0.15, -0.1) is 4.40 Å². The Kier molecular flexibility index (Phi) is 6.14. The quantitative estimate of drug-likeness (QED) is 0.808. The molecule has 6 nitrogen and oxygen atoms in total. The Hall–Kier alpha value is -2.67. The number of amidine groups is 1. The average Bonchev–Trinajstić information content (AvgIpc) is 3.04. The van der Waals surface area contributed by atoms with E-state index in [2.05, 4.69) is 15.8 Å². The van der Waals surface area contributed by atoms with Crippen molar-refractivity contribution in [3.8, 4) is 0 Å². The first-order chi connectivity index (χ1) is 13.3. The minimum absolute atomic E-state index is 0.107. The summed E-state index contributed by atoms with van der Waals surface area (Å²) in [6.45, 7) is 2.84. The van der Waals surface area contributed by atoms with E-state index in [0.717, 1.165) is 18.5 Å². The van der Waals surface area contributed by atoms with Gasteiger partial charge in [-0.2, -0.15) is 8.42 Å². The van der Waals surface area contributed by atoms with Crippen LogP contribution >= 0.6 is 0 Å². The number of carbonyl (C=O) groups excluding carboxylic acids is 1. The second-order valence-corrected chi connectivity index (χ2v) is 8.67. The molecule has 0 spiro atoms. The zero-order valence-electron chi connectivity index (χ0n) is 16.2. The van der Waals surface area contributed by atoms with Crippen molar-refractivity contribution in [2.75, 3.05) is 18.9 Å². The maximum Gasteiger partial charge on any atom is 0.283 e. The number of hydrogen-bond acceptors (Lipinski definition) is 3. The number of carbonyl (C=O) groups is 1. The lowest BCUT2D eigenvalue weighted by Gasteiger charge is -2.11. The molecule has 3 rings (SSSR count). The molecule has 0 aromatic heterocycles. The number of aryl methyl sites for hydroxylation is 2. The molecule has 1 aliphatic heterocycles. The van der Waals surface area contributed by atoms with E-state index in [9.17, 15) is 13.2 Å². The third-order valence-corrected chi connectivity index (χ3v) is 6.04. The van der Waals surface area contributed by atoms with E-state index in [0.29, 0.717) is 30.8 Å². The molecular weight excluding hydrogens is 374 g/mol. The first-order valence-corrected chi connectivity index (χ1v) is 10.8. The molecule has 0 radical (unpaired) electrons. The fourth-order valence-electron chi connectivity index (χ4n) is 3.16. The van der Waals surface area contributed by atoms with Gasteiger partial charge in [-0.1, -0.05) is 29.8 Å². The van der Waals surface area contributed by atoms with E-state index in [1.807, 2.05) is 37.1 Å². The summed E-state index contributed by atoms with van der Waals surface area (Å²) in [5.74, 6) is 0.485. The van der Waals surface area contributed by atoms with Gasteiger partial charge in [0.1, 0.15) is 5.84 Å². The van der Waals surface area contributed by atoms with Crippen LogP contribution in [-0.2, 0) is 21.2 Å². The van der Waals surface area contributed by atoms with Crippen LogP contribution in [0.15, 0.2) is 57.8 Å². The molecule has 1 amide bonds. The molecule has 0 bridgehead atoms. The summed E-state index contributed by atoms with van der Waals surface area (Å²) in [5, 5.41) is 2.81. The van der Waals surface area contributed by atoms with E-state index >= 15 is 0 Å². The molecule has 7 heteroatoms. The third-order valence-electron chi connectivity index (χ3n) is 4.72. The fraction of sp³-hybridized carbons (Fsp3) is 0.333. The number of sulfonamides is 1. The van der Waals surface area contributed by atoms with Crippen molar-refractivity contribution in [1.29, 1.82) is 0 Å². The molecule has 2 aromatic rings. The minimum Gasteiger partial charge on any atom is -0.362 e. The lowest BCUT2D eigenvalue weighted by atomic mass is 10.1. The van der Waals surface area contributed by atoms with Crippen LogP contribution in [0.3, 0.4) is 0 Å². The number of hydrogen-bond donors (Lipinski definition) is 1. The molecule has 1 aliphatic rings. The van der Waals surface area contributed by atoms with Gasteiger partial charge in [0.25, 0.3) is 10.0 Å². The van der Waals surface area contributed by atoms with Crippen LogP contribution in [0.4, 0.5) is 5.69 Å². The third kappa shape index (κ3) is 5.19. The Labute approximate surface area is 166 Å². The topological polar surface area (TPSA) is 78.8 Å². The van der Waals surface area contributed by atoms with Crippen molar-refractivity contribution in [2.45, 2.75) is 37.5 Å². The first-order valence-electron chi connectivity index (χ1n) is 9.34. The van der Waals surface area contributed by atoms with Crippen molar-refractivity contribution >= 4 is 27.5 Å². The van der Waals surface area contributed by atoms with Gasteiger partial charge in [0, 0.05) is 32.1 Å². The van der Waals surface area contributed by atoms with Gasteiger partial charge in [0.05, 0.1) is 4.90 Å². The molecule has 0 saturated carbocycles. The number of amides is 1. The Morgan fingerprint density at radius 3 is 2.57 bits per heavy atom. The summed E-state index contributed by atoms with van der Waals surface area (Å²) >= 11 is 0. The molecule has 1 N–H and O–H groups in total. The van der Waals surface area contributed by atoms with Gasteiger partial charge >= 0.3 is 0 Å². The van der Waals surface area contributed by atoms with E-state index in [1.54, 1.807) is 12.1 Å². The number of anilines is 1. The van der Waals surface area contributed by atoms with Crippen LogP contribution in [0.1, 0.15) is 30.4 Å². The number of nitrogens with one attached hydrogen (secondary N) is 1. The maximum absolute atomic E-state index is 12.5. The van der Waals surface area contributed by atoms with Gasteiger partial charge in [-0.3, -0.25) is 4.79 Å². The Morgan fingerprint density at radius 1 is 1.18 bits per heavy atom. The van der Waals surface area contributed by atoms with Crippen molar-refractivity contribution in [1.82, 2.24) is 4.90 Å². The maximum atomic E-state index is 12.5. The summed E-state index contributed by atoms with van der Waals surface area (Å²) in [7, 11) is -1.89. The van der Waals surface area contributed by atoms with Crippen molar-refractivity contribution in [3.63, 3.8) is 0 Å². The van der Waals surface area contributed by atoms with Gasteiger partial charge in [0.2, 0.25) is 5.91 Å². The summed E-state index contributed by atoms with van der Waals surface area (Å²) in [6, 6.07) is 14.2. The molecule has 148 valence electrons. The Bertz CT molecular complexity index is 982. The highest BCUT2D eigenvalue weighted by Crippen LogP contribution is 2.19. The highest BCUT2D eigenvalue weighted by Gasteiger charge is 2.20. The summed E-state index contributed by atoms with van der Waals surface area (Å²) in [6.07, 6.45) is 2.61. The molecule has 1 saturated heterocycles. The highest BCUT2D eigenvalue weighted by atomic mass is 32.2. The summed E-state index contributed by atoms with van der Waals surface area (Å²) < 4.78 is 28.9. The van der Waals surface area contributed by atoms with Gasteiger partial charge in [0.15, 0.2) is 0 Å². The molecule has 28 heavy (non-hydrogen) atoms. The van der Waals surface area contributed by atoms with E-state index in [-0.39, 0.29) is 10.8 Å². The molecule has 0 aliphatic carbocycles. The standard InChI is InChI=1S/C21H25N3O3S/c1-16-5-3-6-17(15-16)8-13-21(25)22-18-9-11-19(12-10-18)28(26,27)23-20-7-4-14-24(20)2/h3,5-6,9-12,15H,4,7-8,13-14H2,1-2H3,(H,22,25)/b23-20+. The Morgan fingerprint density at radius 2 is 1.93 bits per heavy atom. The number of nitrogens with zero attached hydrogens (tertiary/aromatic N) is 2. The number of rotatable bonds is 6. The molecule has 1 heterocycles.